The molecule has 2 atom stereocenters. The molecule has 82 valence electrons. The molecule has 5 nitrogen and oxygen atoms in total. The van der Waals surface area contributed by atoms with E-state index in [2.05, 4.69) is 0 Å². The molecule has 1 unspecified atom stereocenters. The lowest BCUT2D eigenvalue weighted by molar-refractivity contribution is -0.142. The Morgan fingerprint density at radius 1 is 1.25 bits per heavy atom. The van der Waals surface area contributed by atoms with E-state index in [4.69, 9.17) is 9.47 Å². The Kier molecular flexibility index (Phi) is 1.71. The van der Waals surface area contributed by atoms with Crippen LogP contribution in [0.3, 0.4) is 0 Å². The Bertz CT molecular complexity index is 485. The molecule has 5 heteroatoms. The standard InChI is InChI=1S/C11H9NO4/c1-6-10(13)16-9-7-4-2-3-5-8(7)15-11(14)12(6)9/h2-6,9H,1H3/t6-,9?/m0/s1. The summed E-state index contributed by atoms with van der Waals surface area (Å²) in [6, 6.07) is 6.45. The number of hydrogen-bond donors (Lipinski definition) is 0. The second kappa shape index (κ2) is 2.98. The van der Waals surface area contributed by atoms with Gasteiger partial charge >= 0.3 is 12.1 Å². The molecule has 0 aliphatic carbocycles. The van der Waals surface area contributed by atoms with Gasteiger partial charge < -0.3 is 9.47 Å². The quantitative estimate of drug-likeness (QED) is 0.619. The fourth-order valence-electron chi connectivity index (χ4n) is 1.97. The molecule has 0 N–H and O–H groups in total. The number of nitrogens with zero attached hydrogens (tertiary/aromatic N) is 1. The van der Waals surface area contributed by atoms with Gasteiger partial charge in [-0.1, -0.05) is 12.1 Å². The maximum atomic E-state index is 11.7. The van der Waals surface area contributed by atoms with Gasteiger partial charge in [0.15, 0.2) is 0 Å². The molecule has 0 saturated carbocycles. The third-order valence-corrected chi connectivity index (χ3v) is 2.83. The fraction of sp³-hybridized carbons (Fsp3) is 0.273. The molecule has 2 aliphatic heterocycles. The van der Waals surface area contributed by atoms with Crippen molar-refractivity contribution in [1.82, 2.24) is 4.90 Å². The topological polar surface area (TPSA) is 55.8 Å². The van der Waals surface area contributed by atoms with Crippen LogP contribution in [0.25, 0.3) is 0 Å². The Morgan fingerprint density at radius 2 is 2.00 bits per heavy atom. The van der Waals surface area contributed by atoms with Crippen molar-refractivity contribution in [2.24, 2.45) is 0 Å². The van der Waals surface area contributed by atoms with Gasteiger partial charge in [-0.05, 0) is 19.1 Å². The van der Waals surface area contributed by atoms with Gasteiger partial charge in [-0.2, -0.15) is 0 Å². The maximum absolute atomic E-state index is 11.7. The van der Waals surface area contributed by atoms with E-state index in [1.807, 2.05) is 6.07 Å². The smallest absolute Gasteiger partial charge is 0.419 e. The summed E-state index contributed by atoms with van der Waals surface area (Å²) in [6.07, 6.45) is -1.18. The average molecular weight is 219 g/mol. The van der Waals surface area contributed by atoms with Crippen molar-refractivity contribution in [3.8, 4) is 5.75 Å². The normalized spacial score (nSPS) is 26.9. The van der Waals surface area contributed by atoms with E-state index in [-0.39, 0.29) is 0 Å². The minimum Gasteiger partial charge on any atom is -0.435 e. The highest BCUT2D eigenvalue weighted by Crippen LogP contribution is 2.40. The van der Waals surface area contributed by atoms with E-state index >= 15 is 0 Å². The van der Waals surface area contributed by atoms with E-state index in [1.54, 1.807) is 25.1 Å². The third kappa shape index (κ3) is 1.05. The largest absolute Gasteiger partial charge is 0.435 e. The summed E-state index contributed by atoms with van der Waals surface area (Å²) in [4.78, 5) is 24.4. The first-order valence-corrected chi connectivity index (χ1v) is 4.98. The van der Waals surface area contributed by atoms with E-state index in [0.29, 0.717) is 11.3 Å². The minimum atomic E-state index is -0.639. The van der Waals surface area contributed by atoms with Crippen LogP contribution in [0, 0.1) is 0 Å². The van der Waals surface area contributed by atoms with Gasteiger partial charge in [0.25, 0.3) is 0 Å². The molecule has 2 heterocycles. The number of carbonyl (C=O) groups is 2. The SMILES string of the molecule is C[C@H]1C(=O)OC2c3ccccc3OC(=O)N21. The lowest BCUT2D eigenvalue weighted by Crippen LogP contribution is -2.42. The van der Waals surface area contributed by atoms with Crippen LogP contribution in [-0.4, -0.2) is 23.0 Å². The highest BCUT2D eigenvalue weighted by atomic mass is 16.6. The summed E-state index contributed by atoms with van der Waals surface area (Å²) in [5.74, 6) is 0.0503. The van der Waals surface area contributed by atoms with Crippen LogP contribution >= 0.6 is 0 Å². The van der Waals surface area contributed by atoms with Crippen LogP contribution in [0.4, 0.5) is 4.79 Å². The zero-order valence-corrected chi connectivity index (χ0v) is 8.54. The molecule has 0 radical (unpaired) electrons. The number of amides is 1. The molecule has 1 aromatic rings. The first-order chi connectivity index (χ1) is 7.68. The first-order valence-electron chi connectivity index (χ1n) is 4.98. The van der Waals surface area contributed by atoms with Gasteiger partial charge in [0, 0.05) is 0 Å². The van der Waals surface area contributed by atoms with E-state index in [9.17, 15) is 9.59 Å². The van der Waals surface area contributed by atoms with Crippen molar-refractivity contribution < 1.29 is 19.1 Å². The molecule has 1 amide bonds. The third-order valence-electron chi connectivity index (χ3n) is 2.83. The predicted molar refractivity (Wildman–Crippen MR) is 52.6 cm³/mol. The van der Waals surface area contributed by atoms with E-state index in [0.717, 1.165) is 0 Å². The molecule has 3 rings (SSSR count). The van der Waals surface area contributed by atoms with Gasteiger partial charge in [-0.15, -0.1) is 0 Å². The van der Waals surface area contributed by atoms with Crippen molar-refractivity contribution in [2.75, 3.05) is 0 Å². The molecule has 2 aliphatic rings. The van der Waals surface area contributed by atoms with Crippen molar-refractivity contribution in [2.45, 2.75) is 19.2 Å². The van der Waals surface area contributed by atoms with Crippen LogP contribution in [-0.2, 0) is 9.53 Å². The number of ether oxygens (including phenoxy) is 2. The summed E-state index contributed by atoms with van der Waals surface area (Å²) in [5.41, 5.74) is 0.708. The second-order valence-corrected chi connectivity index (χ2v) is 3.78. The maximum Gasteiger partial charge on any atom is 0.419 e. The first kappa shape index (κ1) is 9.21. The molecular weight excluding hydrogens is 210 g/mol. The molecule has 1 fully saturated rings. The average Bonchev–Trinajstić information content (AvgIpc) is 2.57. The van der Waals surface area contributed by atoms with Crippen LogP contribution in [0.5, 0.6) is 5.75 Å². The molecule has 16 heavy (non-hydrogen) atoms. The Morgan fingerprint density at radius 3 is 2.81 bits per heavy atom. The summed E-state index contributed by atoms with van der Waals surface area (Å²) < 4.78 is 10.3. The zero-order chi connectivity index (χ0) is 11.3. The summed E-state index contributed by atoms with van der Waals surface area (Å²) in [7, 11) is 0. The highest BCUT2D eigenvalue weighted by Gasteiger charge is 2.48. The van der Waals surface area contributed by atoms with Crippen LogP contribution in [0.15, 0.2) is 24.3 Å². The Balaban J connectivity index is 2.12. The number of carbonyl (C=O) groups excluding carboxylic acids is 2. The molecule has 0 spiro atoms. The summed E-state index contributed by atoms with van der Waals surface area (Å²) in [6.45, 7) is 1.62. The van der Waals surface area contributed by atoms with Crippen LogP contribution in [0.1, 0.15) is 18.7 Å². The molecule has 0 aromatic heterocycles. The highest BCUT2D eigenvalue weighted by molar-refractivity contribution is 5.86. The molecular formula is C11H9NO4. The van der Waals surface area contributed by atoms with E-state index < -0.39 is 24.3 Å². The number of benzene rings is 1. The molecule has 1 aromatic carbocycles. The predicted octanol–water partition coefficient (Wildman–Crippen LogP) is 1.44. The lowest BCUT2D eigenvalue weighted by atomic mass is 10.1. The summed E-state index contributed by atoms with van der Waals surface area (Å²) in [5, 5.41) is 0. The second-order valence-electron chi connectivity index (χ2n) is 3.78. The zero-order valence-electron chi connectivity index (χ0n) is 8.54. The number of fused-ring (bicyclic) bond motifs is 3. The number of rotatable bonds is 0. The van der Waals surface area contributed by atoms with E-state index in [1.165, 1.54) is 4.90 Å². The van der Waals surface area contributed by atoms with Gasteiger partial charge in [0.2, 0.25) is 6.23 Å². The van der Waals surface area contributed by atoms with Gasteiger partial charge in [0.05, 0.1) is 5.56 Å². The molecule has 0 bridgehead atoms. The Labute approximate surface area is 91.6 Å². The lowest BCUT2D eigenvalue weighted by Gasteiger charge is -2.29. The fourth-order valence-corrected chi connectivity index (χ4v) is 1.97. The van der Waals surface area contributed by atoms with Crippen LogP contribution in [0.2, 0.25) is 0 Å². The van der Waals surface area contributed by atoms with Crippen molar-refractivity contribution >= 4 is 12.1 Å². The van der Waals surface area contributed by atoms with Crippen molar-refractivity contribution in [1.29, 1.82) is 0 Å². The number of para-hydroxylation sites is 1. The minimum absolute atomic E-state index is 0.404. The van der Waals surface area contributed by atoms with Gasteiger partial charge in [-0.3, -0.25) is 4.90 Å². The number of esters is 1. The van der Waals surface area contributed by atoms with Gasteiger partial charge in [0.1, 0.15) is 11.8 Å². The van der Waals surface area contributed by atoms with Crippen molar-refractivity contribution in [3.05, 3.63) is 29.8 Å². The number of hydrogen-bond acceptors (Lipinski definition) is 4. The van der Waals surface area contributed by atoms with Crippen LogP contribution < -0.4 is 4.74 Å². The monoisotopic (exact) mass is 219 g/mol. The Hall–Kier alpha value is -2.04. The van der Waals surface area contributed by atoms with Crippen molar-refractivity contribution in [3.63, 3.8) is 0 Å². The van der Waals surface area contributed by atoms with Gasteiger partial charge in [-0.25, -0.2) is 9.59 Å². The summed E-state index contributed by atoms with van der Waals surface area (Å²) >= 11 is 0. The molecule has 1 saturated heterocycles.